The molecule has 1 aliphatic rings. The maximum Gasteiger partial charge on any atom is 0.0559 e. The summed E-state index contributed by atoms with van der Waals surface area (Å²) in [6.07, 6.45) is 9.29. The van der Waals surface area contributed by atoms with Gasteiger partial charge in [-0.05, 0) is 36.3 Å². The minimum atomic E-state index is 0.735. The second kappa shape index (κ2) is 4.65. The molecular weight excluding hydrogens is 184 g/mol. The van der Waals surface area contributed by atoms with Gasteiger partial charge in [0, 0.05) is 13.2 Å². The van der Waals surface area contributed by atoms with Gasteiger partial charge in [0.25, 0.3) is 0 Å². The van der Waals surface area contributed by atoms with Gasteiger partial charge in [-0.3, -0.25) is 4.98 Å². The Morgan fingerprint density at radius 1 is 1.40 bits per heavy atom. The quantitative estimate of drug-likeness (QED) is 0.798. The molecule has 0 radical (unpaired) electrons. The van der Waals surface area contributed by atoms with Gasteiger partial charge in [0.15, 0.2) is 0 Å². The fraction of sp³-hybridized carbons (Fsp3) is 0.615. The summed E-state index contributed by atoms with van der Waals surface area (Å²) in [6.45, 7) is 2.37. The van der Waals surface area contributed by atoms with E-state index >= 15 is 0 Å². The van der Waals surface area contributed by atoms with Crippen LogP contribution in [0.4, 0.5) is 5.69 Å². The Labute approximate surface area is 92.1 Å². The number of hydrogen-bond acceptors (Lipinski definition) is 2. The predicted molar refractivity (Wildman–Crippen MR) is 64.2 cm³/mol. The first kappa shape index (κ1) is 10.5. The fourth-order valence-corrected chi connectivity index (χ4v) is 2.69. The predicted octanol–water partition coefficient (Wildman–Crippen LogP) is 3.42. The summed E-state index contributed by atoms with van der Waals surface area (Å²) in [5, 5.41) is 3.25. The van der Waals surface area contributed by atoms with Crippen LogP contribution in [-0.4, -0.2) is 12.0 Å². The van der Waals surface area contributed by atoms with Crippen LogP contribution in [0.1, 0.15) is 44.1 Å². The molecule has 2 heteroatoms. The molecule has 15 heavy (non-hydrogen) atoms. The molecule has 1 saturated carbocycles. The number of nitrogens with zero attached hydrogens (tertiary/aromatic N) is 1. The van der Waals surface area contributed by atoms with Crippen molar-refractivity contribution in [3.8, 4) is 0 Å². The molecule has 0 saturated heterocycles. The lowest BCUT2D eigenvalue weighted by atomic mass is 9.78. The van der Waals surface area contributed by atoms with E-state index in [2.05, 4.69) is 23.3 Å². The van der Waals surface area contributed by atoms with Gasteiger partial charge in [0.05, 0.1) is 11.9 Å². The largest absolute Gasteiger partial charge is 0.387 e. The standard InChI is InChI=1S/C13H20N2/c1-10-4-3-5-11(8-10)12-6-7-15-9-13(12)14-2/h6-7,9-11,14H,3-5,8H2,1-2H3. The van der Waals surface area contributed by atoms with Crippen LogP contribution in [0, 0.1) is 5.92 Å². The van der Waals surface area contributed by atoms with Crippen molar-refractivity contribution in [2.24, 2.45) is 5.92 Å². The van der Waals surface area contributed by atoms with Crippen molar-refractivity contribution in [2.75, 3.05) is 12.4 Å². The van der Waals surface area contributed by atoms with Crippen molar-refractivity contribution in [2.45, 2.75) is 38.5 Å². The minimum Gasteiger partial charge on any atom is -0.387 e. The Kier molecular flexibility index (Phi) is 3.24. The van der Waals surface area contributed by atoms with E-state index in [9.17, 15) is 0 Å². The molecule has 0 bridgehead atoms. The summed E-state index contributed by atoms with van der Waals surface area (Å²) in [7, 11) is 1.98. The number of hydrogen-bond donors (Lipinski definition) is 1. The molecule has 2 unspecified atom stereocenters. The fourth-order valence-electron chi connectivity index (χ4n) is 2.69. The summed E-state index contributed by atoms with van der Waals surface area (Å²) in [5.74, 6) is 1.61. The van der Waals surface area contributed by atoms with Crippen molar-refractivity contribution in [3.63, 3.8) is 0 Å². The minimum absolute atomic E-state index is 0.735. The lowest BCUT2D eigenvalue weighted by Crippen LogP contribution is -2.13. The van der Waals surface area contributed by atoms with E-state index in [1.54, 1.807) is 0 Å². The van der Waals surface area contributed by atoms with Crippen molar-refractivity contribution in [1.29, 1.82) is 0 Å². The van der Waals surface area contributed by atoms with Gasteiger partial charge in [-0.1, -0.05) is 19.8 Å². The van der Waals surface area contributed by atoms with Gasteiger partial charge in [-0.25, -0.2) is 0 Å². The highest BCUT2D eigenvalue weighted by Crippen LogP contribution is 2.38. The van der Waals surface area contributed by atoms with Crippen molar-refractivity contribution >= 4 is 5.69 Å². The normalized spacial score (nSPS) is 26.3. The average molecular weight is 204 g/mol. The number of anilines is 1. The van der Waals surface area contributed by atoms with Crippen LogP contribution in [0.3, 0.4) is 0 Å². The zero-order valence-corrected chi connectivity index (χ0v) is 9.66. The zero-order valence-electron chi connectivity index (χ0n) is 9.66. The van der Waals surface area contributed by atoms with Crippen LogP contribution < -0.4 is 5.32 Å². The molecule has 2 atom stereocenters. The van der Waals surface area contributed by atoms with E-state index in [-0.39, 0.29) is 0 Å². The average Bonchev–Trinajstić information content (AvgIpc) is 2.29. The summed E-state index contributed by atoms with van der Waals surface area (Å²) in [5.41, 5.74) is 2.66. The van der Waals surface area contributed by atoms with Crippen molar-refractivity contribution < 1.29 is 0 Å². The van der Waals surface area contributed by atoms with Gasteiger partial charge in [0.2, 0.25) is 0 Å². The first-order chi connectivity index (χ1) is 7.31. The highest BCUT2D eigenvalue weighted by Gasteiger charge is 2.21. The Bertz CT molecular complexity index is 322. The third-order valence-corrected chi connectivity index (χ3v) is 3.50. The first-order valence-corrected chi connectivity index (χ1v) is 5.93. The van der Waals surface area contributed by atoms with Crippen molar-refractivity contribution in [1.82, 2.24) is 4.98 Å². The molecule has 0 aromatic carbocycles. The summed E-state index contributed by atoms with van der Waals surface area (Å²) >= 11 is 0. The smallest absolute Gasteiger partial charge is 0.0559 e. The van der Waals surface area contributed by atoms with Crippen LogP contribution in [0.25, 0.3) is 0 Å². The molecule has 1 fully saturated rings. The third kappa shape index (κ3) is 2.31. The van der Waals surface area contributed by atoms with E-state index in [0.29, 0.717) is 0 Å². The van der Waals surface area contributed by atoms with Crippen LogP contribution in [0.2, 0.25) is 0 Å². The monoisotopic (exact) mass is 204 g/mol. The number of rotatable bonds is 2. The second-order valence-corrected chi connectivity index (χ2v) is 4.68. The molecular formula is C13H20N2. The molecule has 1 heterocycles. The molecule has 82 valence electrons. The molecule has 0 aliphatic heterocycles. The van der Waals surface area contributed by atoms with Gasteiger partial charge in [-0.2, -0.15) is 0 Å². The maximum atomic E-state index is 4.17. The van der Waals surface area contributed by atoms with Crippen LogP contribution >= 0.6 is 0 Å². The Hall–Kier alpha value is -1.05. The summed E-state index contributed by atoms with van der Waals surface area (Å²) in [4.78, 5) is 4.17. The van der Waals surface area contributed by atoms with E-state index in [1.165, 1.54) is 36.9 Å². The molecule has 0 amide bonds. The van der Waals surface area contributed by atoms with Gasteiger partial charge in [0.1, 0.15) is 0 Å². The summed E-state index contributed by atoms with van der Waals surface area (Å²) in [6, 6.07) is 2.18. The van der Waals surface area contributed by atoms with Crippen molar-refractivity contribution in [3.05, 3.63) is 24.0 Å². The lowest BCUT2D eigenvalue weighted by Gasteiger charge is -2.28. The van der Waals surface area contributed by atoms with E-state index in [0.717, 1.165) is 11.8 Å². The summed E-state index contributed by atoms with van der Waals surface area (Å²) < 4.78 is 0. The zero-order chi connectivity index (χ0) is 10.7. The number of aromatic nitrogens is 1. The van der Waals surface area contributed by atoms with E-state index in [4.69, 9.17) is 0 Å². The first-order valence-electron chi connectivity index (χ1n) is 5.93. The molecule has 1 aromatic heterocycles. The topological polar surface area (TPSA) is 24.9 Å². The Balaban J connectivity index is 2.20. The van der Waals surface area contributed by atoms with Gasteiger partial charge >= 0.3 is 0 Å². The molecule has 2 rings (SSSR count). The Morgan fingerprint density at radius 3 is 3.00 bits per heavy atom. The maximum absolute atomic E-state index is 4.17. The van der Waals surface area contributed by atoms with E-state index in [1.807, 2.05) is 19.4 Å². The number of nitrogens with one attached hydrogen (secondary N) is 1. The van der Waals surface area contributed by atoms with Crippen LogP contribution in [-0.2, 0) is 0 Å². The molecule has 2 nitrogen and oxygen atoms in total. The van der Waals surface area contributed by atoms with Gasteiger partial charge < -0.3 is 5.32 Å². The molecule has 1 N–H and O–H groups in total. The van der Waals surface area contributed by atoms with E-state index < -0.39 is 0 Å². The third-order valence-electron chi connectivity index (χ3n) is 3.50. The highest BCUT2D eigenvalue weighted by molar-refractivity contribution is 5.50. The van der Waals surface area contributed by atoms with Crippen LogP contribution in [0.5, 0.6) is 0 Å². The highest BCUT2D eigenvalue weighted by atomic mass is 14.8. The second-order valence-electron chi connectivity index (χ2n) is 4.68. The van der Waals surface area contributed by atoms with Gasteiger partial charge in [-0.15, -0.1) is 0 Å². The van der Waals surface area contributed by atoms with Crippen LogP contribution in [0.15, 0.2) is 18.5 Å². The molecule has 1 aromatic rings. The molecule has 0 spiro atoms. The number of pyridine rings is 1. The lowest BCUT2D eigenvalue weighted by molar-refractivity contribution is 0.344. The Morgan fingerprint density at radius 2 is 2.27 bits per heavy atom. The molecule has 1 aliphatic carbocycles. The SMILES string of the molecule is CNc1cnccc1C1CCCC(C)C1.